The van der Waals surface area contributed by atoms with Crippen LogP contribution < -0.4 is 5.73 Å². The third-order valence-electron chi connectivity index (χ3n) is 4.29. The Balaban J connectivity index is 1.66. The summed E-state index contributed by atoms with van der Waals surface area (Å²) in [6.45, 7) is 1.33. The van der Waals surface area contributed by atoms with Crippen LogP contribution in [0, 0.1) is 5.82 Å². The van der Waals surface area contributed by atoms with Gasteiger partial charge in [-0.2, -0.15) is 5.06 Å². The molecule has 3 rings (SSSR count). The van der Waals surface area contributed by atoms with Gasteiger partial charge in [-0.05, 0) is 47.4 Å². The monoisotopic (exact) mass is 382 g/mol. The average Bonchev–Trinajstić information content (AvgIpc) is 2.68. The summed E-state index contributed by atoms with van der Waals surface area (Å²) in [5, 5.41) is 11.6. The molecule has 0 saturated carbocycles. The Bertz CT molecular complexity index is 887. The first kappa shape index (κ1) is 19.6. The quantitative estimate of drug-likeness (QED) is 0.546. The van der Waals surface area contributed by atoms with Crippen LogP contribution in [0.3, 0.4) is 0 Å². The van der Waals surface area contributed by atoms with Crippen molar-refractivity contribution in [3.63, 3.8) is 0 Å². The lowest BCUT2D eigenvalue weighted by atomic mass is 10.1. The van der Waals surface area contributed by atoms with Gasteiger partial charge in [0.2, 0.25) is 0 Å². The molecule has 0 aliphatic carbocycles. The van der Waals surface area contributed by atoms with E-state index < -0.39 is 0 Å². The highest BCUT2D eigenvalue weighted by Gasteiger charge is 2.10. The van der Waals surface area contributed by atoms with E-state index in [1.165, 1.54) is 17.2 Å². The smallest absolute Gasteiger partial charge is 0.123 e. The van der Waals surface area contributed by atoms with E-state index in [9.17, 15) is 9.60 Å². The fourth-order valence-electron chi connectivity index (χ4n) is 2.85. The lowest BCUT2D eigenvalue weighted by Crippen LogP contribution is -2.21. The van der Waals surface area contributed by atoms with E-state index in [2.05, 4.69) is 6.07 Å². The highest BCUT2D eigenvalue weighted by Crippen LogP contribution is 2.33. The van der Waals surface area contributed by atoms with E-state index in [1.807, 2.05) is 48.5 Å². The van der Waals surface area contributed by atoms with E-state index in [1.54, 1.807) is 17.8 Å². The van der Waals surface area contributed by atoms with Gasteiger partial charge in [0.15, 0.2) is 0 Å². The first-order valence-corrected chi connectivity index (χ1v) is 9.69. The Morgan fingerprint density at radius 3 is 2.26 bits per heavy atom. The van der Waals surface area contributed by atoms with Crippen molar-refractivity contribution in [2.45, 2.75) is 29.3 Å². The maximum atomic E-state index is 13.3. The van der Waals surface area contributed by atoms with Crippen molar-refractivity contribution in [3.8, 4) is 0 Å². The summed E-state index contributed by atoms with van der Waals surface area (Å²) in [7, 11) is 0. The molecule has 0 radical (unpaired) electrons. The maximum absolute atomic E-state index is 13.3. The predicted molar refractivity (Wildman–Crippen MR) is 107 cm³/mol. The normalized spacial score (nSPS) is 11.1. The number of benzene rings is 3. The van der Waals surface area contributed by atoms with Gasteiger partial charge < -0.3 is 10.9 Å². The van der Waals surface area contributed by atoms with Crippen LogP contribution in [0.1, 0.15) is 16.7 Å². The van der Waals surface area contributed by atoms with Gasteiger partial charge in [-0.15, -0.1) is 0 Å². The van der Waals surface area contributed by atoms with E-state index in [-0.39, 0.29) is 5.82 Å². The second-order valence-electron chi connectivity index (χ2n) is 6.29. The second kappa shape index (κ2) is 9.67. The van der Waals surface area contributed by atoms with Gasteiger partial charge in [0.1, 0.15) is 5.82 Å². The summed E-state index contributed by atoms with van der Waals surface area (Å²) in [5.41, 5.74) is 8.85. The van der Waals surface area contributed by atoms with E-state index in [4.69, 9.17) is 5.73 Å². The standard InChI is InChI=1S/C22H23FN2OS/c23-20-9-5-6-17(14-20)12-13-25(26)16-19-8-2-4-11-22(19)27-21-10-3-1-7-18(21)15-24/h1-11,14,26H,12-13,15-16,24H2. The summed E-state index contributed by atoms with van der Waals surface area (Å²) in [4.78, 5) is 2.21. The SMILES string of the molecule is NCc1ccccc1Sc1ccccc1CN(O)CCc1cccc(F)c1. The van der Waals surface area contributed by atoms with Crippen LogP contribution in [0.15, 0.2) is 82.6 Å². The molecule has 3 aromatic rings. The summed E-state index contributed by atoms with van der Waals surface area (Å²) in [5.74, 6) is -0.252. The minimum atomic E-state index is -0.252. The van der Waals surface area contributed by atoms with Gasteiger partial charge in [0.25, 0.3) is 0 Å². The topological polar surface area (TPSA) is 49.5 Å². The molecule has 3 nitrogen and oxygen atoms in total. The van der Waals surface area contributed by atoms with E-state index in [0.717, 1.165) is 26.5 Å². The maximum Gasteiger partial charge on any atom is 0.123 e. The van der Waals surface area contributed by atoms with Gasteiger partial charge in [-0.3, -0.25) is 0 Å². The highest BCUT2D eigenvalue weighted by atomic mass is 32.2. The molecule has 0 amide bonds. The number of halogens is 1. The zero-order valence-corrected chi connectivity index (χ0v) is 15.8. The average molecular weight is 383 g/mol. The molecule has 3 aromatic carbocycles. The van der Waals surface area contributed by atoms with Crippen LogP contribution in [0.2, 0.25) is 0 Å². The van der Waals surface area contributed by atoms with Crippen molar-refractivity contribution in [3.05, 3.63) is 95.3 Å². The fraction of sp³-hybridized carbons (Fsp3) is 0.182. The van der Waals surface area contributed by atoms with Crippen LogP contribution in [-0.2, 0) is 19.5 Å². The minimum Gasteiger partial charge on any atom is -0.326 e. The molecule has 0 aliphatic rings. The van der Waals surface area contributed by atoms with Crippen molar-refractivity contribution in [2.24, 2.45) is 5.73 Å². The molecular formula is C22H23FN2OS. The lowest BCUT2D eigenvalue weighted by Gasteiger charge is -2.17. The van der Waals surface area contributed by atoms with Crippen molar-refractivity contribution in [1.29, 1.82) is 0 Å². The molecule has 0 spiro atoms. The molecule has 0 aromatic heterocycles. The Labute approximate surface area is 163 Å². The third-order valence-corrected chi connectivity index (χ3v) is 5.52. The first-order chi connectivity index (χ1) is 13.2. The molecule has 0 heterocycles. The van der Waals surface area contributed by atoms with Gasteiger partial charge in [-0.1, -0.05) is 60.3 Å². The van der Waals surface area contributed by atoms with Crippen LogP contribution in [0.5, 0.6) is 0 Å². The summed E-state index contributed by atoms with van der Waals surface area (Å²) >= 11 is 1.66. The largest absolute Gasteiger partial charge is 0.326 e. The van der Waals surface area contributed by atoms with E-state index >= 15 is 0 Å². The van der Waals surface area contributed by atoms with Gasteiger partial charge in [0.05, 0.1) is 0 Å². The molecule has 0 bridgehead atoms. The lowest BCUT2D eigenvalue weighted by molar-refractivity contribution is -0.0987. The second-order valence-corrected chi connectivity index (χ2v) is 7.37. The molecular weight excluding hydrogens is 359 g/mol. The van der Waals surface area contributed by atoms with E-state index in [0.29, 0.717) is 26.1 Å². The molecule has 0 saturated heterocycles. The minimum absolute atomic E-state index is 0.252. The molecule has 5 heteroatoms. The fourth-order valence-corrected chi connectivity index (χ4v) is 3.93. The Kier molecular flexibility index (Phi) is 7.01. The van der Waals surface area contributed by atoms with Crippen LogP contribution in [0.25, 0.3) is 0 Å². The van der Waals surface area contributed by atoms with Crippen LogP contribution in [-0.4, -0.2) is 16.8 Å². The summed E-state index contributed by atoms with van der Waals surface area (Å²) in [6, 6.07) is 22.6. The highest BCUT2D eigenvalue weighted by molar-refractivity contribution is 7.99. The molecule has 0 atom stereocenters. The number of nitrogens with two attached hydrogens (primary N) is 1. The molecule has 0 unspecified atom stereocenters. The predicted octanol–water partition coefficient (Wildman–Crippen LogP) is 4.87. The van der Waals surface area contributed by atoms with Crippen molar-refractivity contribution in [2.75, 3.05) is 6.54 Å². The first-order valence-electron chi connectivity index (χ1n) is 8.87. The Morgan fingerprint density at radius 2 is 1.56 bits per heavy atom. The van der Waals surface area contributed by atoms with Crippen molar-refractivity contribution in [1.82, 2.24) is 5.06 Å². The number of hydroxylamine groups is 2. The van der Waals surface area contributed by atoms with Crippen molar-refractivity contribution < 1.29 is 9.60 Å². The Hall–Kier alpha value is -2.18. The molecule has 0 aliphatic heterocycles. The number of hydrogen-bond donors (Lipinski definition) is 2. The van der Waals surface area contributed by atoms with Gasteiger partial charge in [0, 0.05) is 29.4 Å². The number of rotatable bonds is 8. The van der Waals surface area contributed by atoms with Crippen LogP contribution in [0.4, 0.5) is 4.39 Å². The summed E-state index contributed by atoms with van der Waals surface area (Å²) in [6.07, 6.45) is 0.583. The Morgan fingerprint density at radius 1 is 0.889 bits per heavy atom. The molecule has 3 N–H and O–H groups in total. The van der Waals surface area contributed by atoms with Crippen molar-refractivity contribution >= 4 is 11.8 Å². The zero-order valence-electron chi connectivity index (χ0n) is 15.0. The molecule has 0 fully saturated rings. The number of nitrogens with zero attached hydrogens (tertiary/aromatic N) is 1. The van der Waals surface area contributed by atoms with Gasteiger partial charge in [-0.25, -0.2) is 4.39 Å². The van der Waals surface area contributed by atoms with Gasteiger partial charge >= 0.3 is 0 Å². The molecule has 140 valence electrons. The summed E-state index contributed by atoms with van der Waals surface area (Å²) < 4.78 is 13.3. The molecule has 27 heavy (non-hydrogen) atoms. The number of hydrogen-bond acceptors (Lipinski definition) is 4. The van der Waals surface area contributed by atoms with Crippen LogP contribution >= 0.6 is 11.8 Å². The third kappa shape index (κ3) is 5.65. The zero-order chi connectivity index (χ0) is 19.1.